The summed E-state index contributed by atoms with van der Waals surface area (Å²) in [6, 6.07) is 0. The van der Waals surface area contributed by atoms with Gasteiger partial charge in [-0.2, -0.15) is 0 Å². The lowest BCUT2D eigenvalue weighted by Gasteiger charge is -2.13. The number of ether oxygens (including phenoxy) is 1. The van der Waals surface area contributed by atoms with Crippen LogP contribution in [-0.2, 0) is 5.54 Å². The summed E-state index contributed by atoms with van der Waals surface area (Å²) in [4.78, 5) is 4.04. The lowest BCUT2D eigenvalue weighted by Crippen LogP contribution is -2.21. The molecule has 13 heavy (non-hydrogen) atoms. The van der Waals surface area contributed by atoms with Crippen LogP contribution in [-0.4, -0.2) is 12.1 Å². The van der Waals surface area contributed by atoms with E-state index in [1.165, 1.54) is 0 Å². The van der Waals surface area contributed by atoms with E-state index >= 15 is 0 Å². The van der Waals surface area contributed by atoms with Crippen molar-refractivity contribution in [1.82, 2.24) is 4.98 Å². The Morgan fingerprint density at radius 3 is 2.69 bits per heavy atom. The van der Waals surface area contributed by atoms with Crippen LogP contribution in [0.2, 0.25) is 0 Å². The SMILES string of the molecule is COc1cncc(C2(N)CC2)c1N. The van der Waals surface area contributed by atoms with Crippen molar-refractivity contribution in [1.29, 1.82) is 0 Å². The van der Waals surface area contributed by atoms with Crippen molar-refractivity contribution in [2.24, 2.45) is 5.73 Å². The Balaban J connectivity index is 2.46. The maximum absolute atomic E-state index is 6.02. The Morgan fingerprint density at radius 2 is 2.15 bits per heavy atom. The van der Waals surface area contributed by atoms with Gasteiger partial charge in [0.1, 0.15) is 0 Å². The van der Waals surface area contributed by atoms with Gasteiger partial charge in [0, 0.05) is 17.3 Å². The van der Waals surface area contributed by atoms with Crippen molar-refractivity contribution >= 4 is 5.69 Å². The van der Waals surface area contributed by atoms with Gasteiger partial charge >= 0.3 is 0 Å². The van der Waals surface area contributed by atoms with Crippen molar-refractivity contribution in [3.05, 3.63) is 18.0 Å². The Labute approximate surface area is 76.9 Å². The Bertz CT molecular complexity index is 334. The molecule has 4 nitrogen and oxygen atoms in total. The molecule has 1 aliphatic carbocycles. The molecule has 1 saturated carbocycles. The zero-order chi connectivity index (χ0) is 9.47. The summed E-state index contributed by atoms with van der Waals surface area (Å²) < 4.78 is 5.07. The van der Waals surface area contributed by atoms with Crippen LogP contribution in [0, 0.1) is 0 Å². The highest BCUT2D eigenvalue weighted by molar-refractivity contribution is 5.60. The molecule has 0 radical (unpaired) electrons. The molecule has 0 saturated heterocycles. The van der Waals surface area contributed by atoms with Crippen LogP contribution in [0.4, 0.5) is 5.69 Å². The van der Waals surface area contributed by atoms with Gasteiger partial charge in [0.05, 0.1) is 19.0 Å². The molecule has 0 unspecified atom stereocenters. The molecule has 1 fully saturated rings. The first-order chi connectivity index (χ1) is 6.17. The van der Waals surface area contributed by atoms with E-state index in [0.29, 0.717) is 11.4 Å². The van der Waals surface area contributed by atoms with Gasteiger partial charge in [0.2, 0.25) is 0 Å². The molecule has 1 heterocycles. The minimum Gasteiger partial charge on any atom is -0.493 e. The average Bonchev–Trinajstić information content (AvgIpc) is 2.85. The van der Waals surface area contributed by atoms with E-state index in [-0.39, 0.29) is 5.54 Å². The number of anilines is 1. The maximum Gasteiger partial charge on any atom is 0.160 e. The summed E-state index contributed by atoms with van der Waals surface area (Å²) in [6.45, 7) is 0. The van der Waals surface area contributed by atoms with Crippen LogP contribution < -0.4 is 16.2 Å². The molecule has 0 aliphatic heterocycles. The summed E-state index contributed by atoms with van der Waals surface area (Å²) in [5.41, 5.74) is 13.2. The maximum atomic E-state index is 6.02. The number of nitrogen functional groups attached to an aromatic ring is 1. The van der Waals surface area contributed by atoms with Gasteiger partial charge < -0.3 is 16.2 Å². The van der Waals surface area contributed by atoms with E-state index in [9.17, 15) is 0 Å². The zero-order valence-corrected chi connectivity index (χ0v) is 7.58. The van der Waals surface area contributed by atoms with Crippen LogP contribution in [0.3, 0.4) is 0 Å². The van der Waals surface area contributed by atoms with Crippen LogP contribution in [0.15, 0.2) is 12.4 Å². The van der Waals surface area contributed by atoms with Crippen molar-refractivity contribution < 1.29 is 4.74 Å². The average molecular weight is 179 g/mol. The molecular formula is C9H13N3O. The predicted octanol–water partition coefficient (Wildman–Crippen LogP) is 0.620. The summed E-state index contributed by atoms with van der Waals surface area (Å²) in [5.74, 6) is 0.606. The van der Waals surface area contributed by atoms with Crippen LogP contribution in [0.1, 0.15) is 18.4 Å². The molecule has 0 spiro atoms. The van der Waals surface area contributed by atoms with E-state index in [1.807, 2.05) is 0 Å². The first-order valence-electron chi connectivity index (χ1n) is 4.24. The lowest BCUT2D eigenvalue weighted by molar-refractivity contribution is 0.414. The normalized spacial score (nSPS) is 18.3. The first-order valence-corrected chi connectivity index (χ1v) is 4.24. The smallest absolute Gasteiger partial charge is 0.160 e. The molecule has 1 aliphatic rings. The largest absolute Gasteiger partial charge is 0.493 e. The molecule has 4 heteroatoms. The molecule has 0 atom stereocenters. The number of pyridine rings is 1. The minimum absolute atomic E-state index is 0.244. The third-order valence-electron chi connectivity index (χ3n) is 2.50. The third kappa shape index (κ3) is 1.23. The molecule has 70 valence electrons. The summed E-state index contributed by atoms with van der Waals surface area (Å²) in [7, 11) is 1.58. The van der Waals surface area contributed by atoms with E-state index in [2.05, 4.69) is 4.98 Å². The van der Waals surface area contributed by atoms with Gasteiger partial charge in [-0.3, -0.25) is 4.98 Å². The van der Waals surface area contributed by atoms with Crippen molar-refractivity contribution in [2.75, 3.05) is 12.8 Å². The number of aromatic nitrogens is 1. The van der Waals surface area contributed by atoms with E-state index in [1.54, 1.807) is 19.5 Å². The number of hydrogen-bond donors (Lipinski definition) is 2. The molecule has 1 aromatic rings. The lowest BCUT2D eigenvalue weighted by atomic mass is 10.1. The van der Waals surface area contributed by atoms with Crippen LogP contribution in [0.25, 0.3) is 0 Å². The molecule has 0 bridgehead atoms. The highest BCUT2D eigenvalue weighted by atomic mass is 16.5. The minimum atomic E-state index is -0.244. The molecule has 1 aromatic heterocycles. The summed E-state index contributed by atoms with van der Waals surface area (Å²) in [6.07, 6.45) is 5.29. The van der Waals surface area contributed by atoms with Crippen molar-refractivity contribution in [3.8, 4) is 5.75 Å². The highest BCUT2D eigenvalue weighted by Crippen LogP contribution is 2.46. The van der Waals surface area contributed by atoms with Gasteiger partial charge in [0.15, 0.2) is 5.75 Å². The second-order valence-corrected chi connectivity index (χ2v) is 3.46. The van der Waals surface area contributed by atoms with Crippen molar-refractivity contribution in [2.45, 2.75) is 18.4 Å². The number of nitrogens with two attached hydrogens (primary N) is 2. The third-order valence-corrected chi connectivity index (χ3v) is 2.50. The zero-order valence-electron chi connectivity index (χ0n) is 7.58. The molecule has 0 amide bonds. The first kappa shape index (κ1) is 8.31. The van der Waals surface area contributed by atoms with E-state index in [0.717, 1.165) is 18.4 Å². The van der Waals surface area contributed by atoms with Gasteiger partial charge in [-0.15, -0.1) is 0 Å². The quantitative estimate of drug-likeness (QED) is 0.698. The highest BCUT2D eigenvalue weighted by Gasteiger charge is 2.42. The van der Waals surface area contributed by atoms with Gasteiger partial charge in [0.25, 0.3) is 0 Å². The van der Waals surface area contributed by atoms with Gasteiger partial charge in [-0.1, -0.05) is 0 Å². The fourth-order valence-electron chi connectivity index (χ4n) is 1.41. The number of methoxy groups -OCH3 is 1. The van der Waals surface area contributed by atoms with Gasteiger partial charge in [-0.05, 0) is 12.8 Å². The Morgan fingerprint density at radius 1 is 1.46 bits per heavy atom. The molecule has 4 N–H and O–H groups in total. The van der Waals surface area contributed by atoms with Crippen LogP contribution >= 0.6 is 0 Å². The second kappa shape index (κ2) is 2.60. The molecular weight excluding hydrogens is 166 g/mol. The summed E-state index contributed by atoms with van der Waals surface area (Å²) >= 11 is 0. The standard InChI is InChI=1S/C9H13N3O/c1-13-7-5-12-4-6(8(7)10)9(11)2-3-9/h4-5H,2-3,11H2,1H3,(H2,10,12). The topological polar surface area (TPSA) is 74.2 Å². The van der Waals surface area contributed by atoms with E-state index < -0.39 is 0 Å². The molecule has 2 rings (SSSR count). The molecule has 0 aromatic carbocycles. The fraction of sp³-hybridized carbons (Fsp3) is 0.444. The summed E-state index contributed by atoms with van der Waals surface area (Å²) in [5, 5.41) is 0. The van der Waals surface area contributed by atoms with Crippen molar-refractivity contribution in [3.63, 3.8) is 0 Å². The number of nitrogens with zero attached hydrogens (tertiary/aromatic N) is 1. The van der Waals surface area contributed by atoms with E-state index in [4.69, 9.17) is 16.2 Å². The van der Waals surface area contributed by atoms with Gasteiger partial charge in [-0.25, -0.2) is 0 Å². The Kier molecular flexibility index (Phi) is 1.66. The Hall–Kier alpha value is -1.29. The number of rotatable bonds is 2. The fourth-order valence-corrected chi connectivity index (χ4v) is 1.41. The second-order valence-electron chi connectivity index (χ2n) is 3.46. The monoisotopic (exact) mass is 179 g/mol. The predicted molar refractivity (Wildman–Crippen MR) is 50.3 cm³/mol. The number of hydrogen-bond acceptors (Lipinski definition) is 4. The van der Waals surface area contributed by atoms with Crippen LogP contribution in [0.5, 0.6) is 5.75 Å².